The standard InChI is InChI=1S/C10H10ClN3O2/c11-7-3-1-2-4-8(7)14-10(15)16-9(13-14)5-6-12/h1-4H,5-6,12H2. The van der Waals surface area contributed by atoms with Crippen molar-refractivity contribution in [3.63, 3.8) is 0 Å². The van der Waals surface area contributed by atoms with Crippen LogP contribution in [-0.4, -0.2) is 16.3 Å². The average Bonchev–Trinajstić information content (AvgIpc) is 2.61. The molecule has 0 bridgehead atoms. The normalized spacial score (nSPS) is 10.6. The molecule has 0 fully saturated rings. The van der Waals surface area contributed by atoms with Crippen molar-refractivity contribution in [2.24, 2.45) is 5.73 Å². The predicted molar refractivity (Wildman–Crippen MR) is 59.9 cm³/mol. The maximum Gasteiger partial charge on any atom is 0.442 e. The van der Waals surface area contributed by atoms with Crippen LogP contribution in [0.4, 0.5) is 0 Å². The van der Waals surface area contributed by atoms with E-state index in [1.807, 2.05) is 0 Å². The molecule has 1 aromatic heterocycles. The Bertz CT molecular complexity index is 547. The summed E-state index contributed by atoms with van der Waals surface area (Å²) in [6.45, 7) is 0.377. The van der Waals surface area contributed by atoms with E-state index in [1.54, 1.807) is 24.3 Å². The maximum absolute atomic E-state index is 11.5. The summed E-state index contributed by atoms with van der Waals surface area (Å²) in [5.74, 6) is -0.246. The Hall–Kier alpha value is -1.59. The van der Waals surface area contributed by atoms with Gasteiger partial charge in [-0.3, -0.25) is 0 Å². The molecule has 0 aliphatic heterocycles. The highest BCUT2D eigenvalue weighted by atomic mass is 35.5. The van der Waals surface area contributed by atoms with Gasteiger partial charge < -0.3 is 10.2 Å². The first kappa shape index (κ1) is 10.9. The minimum Gasteiger partial charge on any atom is -0.392 e. The van der Waals surface area contributed by atoms with Gasteiger partial charge in [-0.25, -0.2) is 4.79 Å². The number of nitrogens with two attached hydrogens (primary N) is 1. The van der Waals surface area contributed by atoms with Gasteiger partial charge in [0.1, 0.15) is 0 Å². The molecule has 16 heavy (non-hydrogen) atoms. The molecule has 0 atom stereocenters. The Morgan fingerprint density at radius 3 is 2.88 bits per heavy atom. The Morgan fingerprint density at radius 2 is 2.19 bits per heavy atom. The smallest absolute Gasteiger partial charge is 0.392 e. The number of rotatable bonds is 3. The Kier molecular flexibility index (Phi) is 3.07. The lowest BCUT2D eigenvalue weighted by Gasteiger charge is -1.99. The molecule has 0 saturated heterocycles. The fourth-order valence-corrected chi connectivity index (χ4v) is 1.53. The molecule has 2 aromatic rings. The molecule has 0 spiro atoms. The first-order valence-corrected chi connectivity index (χ1v) is 5.14. The van der Waals surface area contributed by atoms with E-state index in [1.165, 1.54) is 0 Å². The first-order chi connectivity index (χ1) is 7.72. The number of aromatic nitrogens is 2. The van der Waals surface area contributed by atoms with Gasteiger partial charge in [0.25, 0.3) is 0 Å². The first-order valence-electron chi connectivity index (χ1n) is 4.76. The molecule has 0 radical (unpaired) electrons. The van der Waals surface area contributed by atoms with Crippen LogP contribution in [0.2, 0.25) is 5.02 Å². The second kappa shape index (κ2) is 4.51. The van der Waals surface area contributed by atoms with E-state index in [0.717, 1.165) is 4.68 Å². The van der Waals surface area contributed by atoms with Crippen molar-refractivity contribution >= 4 is 11.6 Å². The lowest BCUT2D eigenvalue weighted by Crippen LogP contribution is -2.13. The Labute approximate surface area is 96.4 Å². The van der Waals surface area contributed by atoms with Crippen LogP contribution in [0.1, 0.15) is 5.89 Å². The van der Waals surface area contributed by atoms with Gasteiger partial charge in [-0.1, -0.05) is 23.7 Å². The van der Waals surface area contributed by atoms with Gasteiger partial charge in [-0.05, 0) is 12.1 Å². The molecule has 0 aliphatic rings. The van der Waals surface area contributed by atoms with E-state index in [2.05, 4.69) is 5.10 Å². The van der Waals surface area contributed by atoms with Crippen LogP contribution < -0.4 is 11.5 Å². The molecule has 84 valence electrons. The van der Waals surface area contributed by atoms with Crippen LogP contribution in [0.25, 0.3) is 5.69 Å². The van der Waals surface area contributed by atoms with E-state index in [9.17, 15) is 4.79 Å². The number of benzene rings is 1. The number of para-hydroxylation sites is 1. The lowest BCUT2D eigenvalue weighted by atomic mass is 10.3. The summed E-state index contributed by atoms with van der Waals surface area (Å²) < 4.78 is 6.05. The zero-order chi connectivity index (χ0) is 11.5. The third-order valence-electron chi connectivity index (χ3n) is 2.03. The molecule has 0 saturated carbocycles. The molecule has 5 nitrogen and oxygen atoms in total. The van der Waals surface area contributed by atoms with Gasteiger partial charge in [-0.15, -0.1) is 5.10 Å². The maximum atomic E-state index is 11.5. The molecule has 6 heteroatoms. The van der Waals surface area contributed by atoms with E-state index < -0.39 is 5.76 Å². The van der Waals surface area contributed by atoms with Gasteiger partial charge in [-0.2, -0.15) is 4.68 Å². The largest absolute Gasteiger partial charge is 0.442 e. The van der Waals surface area contributed by atoms with Crippen molar-refractivity contribution in [1.29, 1.82) is 0 Å². The fourth-order valence-electron chi connectivity index (χ4n) is 1.32. The molecule has 1 aromatic carbocycles. The van der Waals surface area contributed by atoms with E-state index >= 15 is 0 Å². The van der Waals surface area contributed by atoms with Gasteiger partial charge in [0.15, 0.2) is 0 Å². The summed E-state index contributed by atoms with van der Waals surface area (Å²) >= 11 is 5.95. The van der Waals surface area contributed by atoms with E-state index in [4.69, 9.17) is 21.8 Å². The van der Waals surface area contributed by atoms with Crippen LogP contribution in [-0.2, 0) is 6.42 Å². The topological polar surface area (TPSA) is 74.0 Å². The highest BCUT2D eigenvalue weighted by Crippen LogP contribution is 2.17. The third kappa shape index (κ3) is 2.00. The molecule has 2 N–H and O–H groups in total. The second-order valence-electron chi connectivity index (χ2n) is 3.16. The monoisotopic (exact) mass is 239 g/mol. The van der Waals surface area contributed by atoms with Crippen LogP contribution >= 0.6 is 11.6 Å². The molecular formula is C10H10ClN3O2. The highest BCUT2D eigenvalue weighted by Gasteiger charge is 2.11. The van der Waals surface area contributed by atoms with Crippen LogP contribution in [0.15, 0.2) is 33.5 Å². The third-order valence-corrected chi connectivity index (χ3v) is 2.35. The van der Waals surface area contributed by atoms with Gasteiger partial charge >= 0.3 is 5.76 Å². The SMILES string of the molecule is NCCc1nn(-c2ccccc2Cl)c(=O)o1. The molecule has 0 amide bonds. The van der Waals surface area contributed by atoms with Gasteiger partial charge in [0.2, 0.25) is 5.89 Å². The number of halogens is 1. The minimum absolute atomic E-state index is 0.312. The van der Waals surface area contributed by atoms with E-state index in [-0.39, 0.29) is 0 Å². The zero-order valence-corrected chi connectivity index (χ0v) is 9.15. The molecule has 1 heterocycles. The summed E-state index contributed by atoms with van der Waals surface area (Å²) in [7, 11) is 0. The molecule has 0 aliphatic carbocycles. The molecule has 0 unspecified atom stereocenters. The van der Waals surface area contributed by atoms with Crippen LogP contribution in [0.5, 0.6) is 0 Å². The Balaban J connectivity index is 2.48. The summed E-state index contributed by atoms with van der Waals surface area (Å²) in [5.41, 5.74) is 5.85. The van der Waals surface area contributed by atoms with E-state index in [0.29, 0.717) is 29.6 Å². The number of hydrogen-bond donors (Lipinski definition) is 1. The van der Waals surface area contributed by atoms with Gasteiger partial charge in [0.05, 0.1) is 10.7 Å². The minimum atomic E-state index is -0.559. The summed E-state index contributed by atoms with van der Waals surface area (Å²) in [6, 6.07) is 6.92. The van der Waals surface area contributed by atoms with Crippen molar-refractivity contribution in [3.8, 4) is 5.69 Å². The quantitative estimate of drug-likeness (QED) is 0.867. The average molecular weight is 240 g/mol. The zero-order valence-electron chi connectivity index (χ0n) is 8.39. The number of hydrogen-bond acceptors (Lipinski definition) is 4. The predicted octanol–water partition coefficient (Wildman–Crippen LogP) is 0.980. The fraction of sp³-hybridized carbons (Fsp3) is 0.200. The second-order valence-corrected chi connectivity index (χ2v) is 3.57. The van der Waals surface area contributed by atoms with Gasteiger partial charge in [0, 0.05) is 13.0 Å². The highest BCUT2D eigenvalue weighted by molar-refractivity contribution is 6.32. The van der Waals surface area contributed by atoms with Crippen molar-refractivity contribution in [3.05, 3.63) is 45.7 Å². The van der Waals surface area contributed by atoms with Crippen LogP contribution in [0.3, 0.4) is 0 Å². The number of nitrogens with zero attached hydrogens (tertiary/aromatic N) is 2. The summed E-state index contributed by atoms with van der Waals surface area (Å²) in [4.78, 5) is 11.5. The van der Waals surface area contributed by atoms with Crippen molar-refractivity contribution in [2.75, 3.05) is 6.54 Å². The Morgan fingerprint density at radius 1 is 1.44 bits per heavy atom. The summed E-state index contributed by atoms with van der Waals surface area (Å²) in [5, 5.41) is 4.45. The summed E-state index contributed by atoms with van der Waals surface area (Å²) in [6.07, 6.45) is 0.423. The molecular weight excluding hydrogens is 230 g/mol. The lowest BCUT2D eigenvalue weighted by molar-refractivity contribution is 0.459. The van der Waals surface area contributed by atoms with Crippen LogP contribution in [0, 0.1) is 0 Å². The van der Waals surface area contributed by atoms with Crippen molar-refractivity contribution in [1.82, 2.24) is 9.78 Å². The molecule has 2 rings (SSSR count). The van der Waals surface area contributed by atoms with Crippen molar-refractivity contribution < 1.29 is 4.42 Å². The van der Waals surface area contributed by atoms with Crippen molar-refractivity contribution in [2.45, 2.75) is 6.42 Å².